The summed E-state index contributed by atoms with van der Waals surface area (Å²) in [5.41, 5.74) is 8.44. The minimum atomic E-state index is -3.97. The van der Waals surface area contributed by atoms with Crippen molar-refractivity contribution in [1.82, 2.24) is 30.0 Å². The number of H-pyrrole nitrogens is 1. The van der Waals surface area contributed by atoms with Crippen LogP contribution in [0.2, 0.25) is 0 Å². The molecule has 0 unspecified atom stereocenters. The van der Waals surface area contributed by atoms with Gasteiger partial charge in [-0.05, 0) is 81.1 Å². The van der Waals surface area contributed by atoms with Gasteiger partial charge in [0.2, 0.25) is 0 Å². The molecular formula is C44H39N9O5S2. The van der Waals surface area contributed by atoms with Gasteiger partial charge in [-0.25, -0.2) is 8.42 Å². The number of sulfonamides is 1. The lowest BCUT2D eigenvalue weighted by atomic mass is 9.97. The highest BCUT2D eigenvalue weighted by molar-refractivity contribution is 7.92. The summed E-state index contributed by atoms with van der Waals surface area (Å²) in [6.07, 6.45) is 3.22. The molecule has 302 valence electrons. The van der Waals surface area contributed by atoms with Crippen molar-refractivity contribution in [1.29, 1.82) is 5.26 Å². The number of thiophene rings is 1. The van der Waals surface area contributed by atoms with E-state index in [1.807, 2.05) is 48.7 Å². The molecule has 60 heavy (non-hydrogen) atoms. The first-order valence-electron chi connectivity index (χ1n) is 19.0. The standard InChI is InChI=1S/C44H39N9O5S2/c1-23-7-17-34(41-38(23)32(20-45)22-47-41)52-60(56,57)33-15-12-28(13-16-33)25(3)48-43(55)35-18-14-31(21-46-35)29-8-10-30(11-9-29)40-39-24(2)26(4)59-44(39)53-27(5)50-51-42(53)36(49-40)19-37(54)58-6/h7-18,21-22,25,36,47,52H,19H2,1-6H3,(H,48,55)/t25-,36+/m1/s1. The lowest BCUT2D eigenvalue weighted by Crippen LogP contribution is -2.27. The highest BCUT2D eigenvalue weighted by Crippen LogP contribution is 2.40. The largest absolute Gasteiger partial charge is 0.469 e. The van der Waals surface area contributed by atoms with E-state index < -0.39 is 28.1 Å². The summed E-state index contributed by atoms with van der Waals surface area (Å²) in [5, 5.41) is 22.8. The van der Waals surface area contributed by atoms with E-state index in [9.17, 15) is 23.3 Å². The third kappa shape index (κ3) is 7.22. The van der Waals surface area contributed by atoms with Crippen LogP contribution in [-0.2, 0) is 19.6 Å². The zero-order chi connectivity index (χ0) is 42.5. The molecule has 0 fully saturated rings. The second-order valence-electron chi connectivity index (χ2n) is 14.6. The first-order chi connectivity index (χ1) is 28.8. The Hall–Kier alpha value is -6.96. The predicted molar refractivity (Wildman–Crippen MR) is 229 cm³/mol. The number of aliphatic imine (C=N–C) groups is 1. The van der Waals surface area contributed by atoms with Crippen LogP contribution >= 0.6 is 11.3 Å². The molecule has 0 saturated carbocycles. The molecule has 8 rings (SSSR count). The number of esters is 1. The summed E-state index contributed by atoms with van der Waals surface area (Å²) in [6, 6.07) is 22.2. The molecule has 7 aromatic rings. The molecule has 5 heterocycles. The fourth-order valence-corrected chi connectivity index (χ4v) is 9.66. The molecule has 3 N–H and O–H groups in total. The average molecular weight is 838 g/mol. The predicted octanol–water partition coefficient (Wildman–Crippen LogP) is 7.72. The third-order valence-corrected chi connectivity index (χ3v) is 13.3. The van der Waals surface area contributed by atoms with E-state index in [0.29, 0.717) is 39.4 Å². The van der Waals surface area contributed by atoms with Crippen molar-refractivity contribution in [2.24, 2.45) is 4.99 Å². The SMILES string of the molecule is COC(=O)C[C@@H]1N=C(c2ccc(-c3ccc(C(=O)N[C@H](C)c4ccc(S(=O)(=O)Nc5ccc(C)c6c(C#N)c[nH]c56)cc4)nc3)cc2)c2c(sc(C)c2C)-n2c(C)nnc21. The molecule has 1 aliphatic heterocycles. The summed E-state index contributed by atoms with van der Waals surface area (Å²) < 4.78 is 36.3. The van der Waals surface area contributed by atoms with Crippen LogP contribution in [0.4, 0.5) is 5.69 Å². The highest BCUT2D eigenvalue weighted by atomic mass is 32.2. The summed E-state index contributed by atoms with van der Waals surface area (Å²) in [7, 11) is -2.61. The van der Waals surface area contributed by atoms with E-state index in [2.05, 4.69) is 50.1 Å². The topological polar surface area (TPSA) is 197 Å². The van der Waals surface area contributed by atoms with Crippen molar-refractivity contribution >= 4 is 55.5 Å². The van der Waals surface area contributed by atoms with Gasteiger partial charge < -0.3 is 15.0 Å². The molecule has 14 nitrogen and oxygen atoms in total. The van der Waals surface area contributed by atoms with Gasteiger partial charge in [0.15, 0.2) is 5.82 Å². The Morgan fingerprint density at radius 1 is 0.967 bits per heavy atom. The van der Waals surface area contributed by atoms with Gasteiger partial charge >= 0.3 is 5.97 Å². The number of hydrogen-bond donors (Lipinski definition) is 3. The molecule has 0 radical (unpaired) electrons. The minimum absolute atomic E-state index is 0.0154. The van der Waals surface area contributed by atoms with E-state index in [-0.39, 0.29) is 22.9 Å². The number of anilines is 1. The quantitative estimate of drug-likeness (QED) is 0.116. The van der Waals surface area contributed by atoms with Crippen molar-refractivity contribution in [3.05, 3.63) is 141 Å². The second-order valence-corrected chi connectivity index (χ2v) is 17.4. The number of aryl methyl sites for hydroxylation is 3. The lowest BCUT2D eigenvalue weighted by molar-refractivity contribution is -0.141. The number of nitrogens with one attached hydrogen (secondary N) is 3. The smallest absolute Gasteiger partial charge is 0.308 e. The van der Waals surface area contributed by atoms with Gasteiger partial charge in [-0.1, -0.05) is 48.5 Å². The number of rotatable bonds is 10. The molecule has 0 saturated heterocycles. The Bertz CT molecular complexity index is 3010. The van der Waals surface area contributed by atoms with Crippen LogP contribution in [-0.4, -0.2) is 57.8 Å². The first kappa shape index (κ1) is 39.8. The minimum Gasteiger partial charge on any atom is -0.469 e. The monoisotopic (exact) mass is 837 g/mol. The number of ether oxygens (including phenoxy) is 1. The van der Waals surface area contributed by atoms with Crippen LogP contribution in [0.5, 0.6) is 0 Å². The fourth-order valence-electron chi connectivity index (χ4n) is 7.37. The summed E-state index contributed by atoms with van der Waals surface area (Å²) >= 11 is 1.64. The van der Waals surface area contributed by atoms with Gasteiger partial charge in [0, 0.05) is 39.3 Å². The zero-order valence-corrected chi connectivity index (χ0v) is 35.1. The van der Waals surface area contributed by atoms with E-state index in [0.717, 1.165) is 49.0 Å². The number of aromatic amines is 1. The van der Waals surface area contributed by atoms with Gasteiger partial charge in [-0.15, -0.1) is 21.5 Å². The Morgan fingerprint density at radius 3 is 2.37 bits per heavy atom. The number of amides is 1. The summed E-state index contributed by atoms with van der Waals surface area (Å²) in [5.74, 6) is 0.515. The number of aromatic nitrogens is 5. The van der Waals surface area contributed by atoms with Gasteiger partial charge in [0.25, 0.3) is 15.9 Å². The molecule has 0 bridgehead atoms. The Labute approximate surface area is 350 Å². The van der Waals surface area contributed by atoms with Crippen LogP contribution < -0.4 is 10.0 Å². The Balaban J connectivity index is 0.961. The number of benzene rings is 3. The Kier molecular flexibility index (Phi) is 10.4. The number of fused-ring (bicyclic) bond motifs is 4. The number of carbonyl (C=O) groups is 2. The van der Waals surface area contributed by atoms with Crippen molar-refractivity contribution < 1.29 is 22.7 Å². The van der Waals surface area contributed by atoms with Crippen LogP contribution in [0.25, 0.3) is 27.0 Å². The van der Waals surface area contributed by atoms with E-state index in [1.54, 1.807) is 61.0 Å². The maximum absolute atomic E-state index is 13.3. The van der Waals surface area contributed by atoms with Crippen molar-refractivity contribution in [2.75, 3.05) is 11.8 Å². The number of methoxy groups -OCH3 is 1. The van der Waals surface area contributed by atoms with Gasteiger partial charge in [0.1, 0.15) is 28.6 Å². The summed E-state index contributed by atoms with van der Waals surface area (Å²) in [6.45, 7) is 9.70. The Morgan fingerprint density at radius 2 is 1.68 bits per heavy atom. The molecule has 4 aromatic heterocycles. The zero-order valence-electron chi connectivity index (χ0n) is 33.5. The lowest BCUT2D eigenvalue weighted by Gasteiger charge is -2.15. The molecule has 3 aromatic carbocycles. The number of pyridine rings is 1. The van der Waals surface area contributed by atoms with Crippen LogP contribution in [0.1, 0.15) is 85.8 Å². The normalized spacial score (nSPS) is 14.0. The van der Waals surface area contributed by atoms with Gasteiger partial charge in [0.05, 0.1) is 46.9 Å². The van der Waals surface area contributed by atoms with E-state index in [4.69, 9.17) is 9.73 Å². The van der Waals surface area contributed by atoms with Crippen LogP contribution in [0.3, 0.4) is 0 Å². The number of carbonyl (C=O) groups excluding carboxylic acids is 2. The number of hydrogen-bond acceptors (Lipinski definition) is 11. The van der Waals surface area contributed by atoms with E-state index in [1.165, 1.54) is 19.2 Å². The number of nitriles is 1. The fraction of sp³-hybridized carbons (Fsp3) is 0.205. The van der Waals surface area contributed by atoms with Gasteiger partial charge in [-0.3, -0.25) is 28.9 Å². The third-order valence-electron chi connectivity index (χ3n) is 10.8. The summed E-state index contributed by atoms with van der Waals surface area (Å²) in [4.78, 5) is 39.6. The van der Waals surface area contributed by atoms with Crippen LogP contribution in [0.15, 0.2) is 95.1 Å². The van der Waals surface area contributed by atoms with Gasteiger partial charge in [-0.2, -0.15) is 5.26 Å². The first-order valence-corrected chi connectivity index (χ1v) is 21.3. The van der Waals surface area contributed by atoms with Crippen molar-refractivity contribution in [2.45, 2.75) is 58.0 Å². The maximum Gasteiger partial charge on any atom is 0.308 e. The molecule has 16 heteroatoms. The van der Waals surface area contributed by atoms with Crippen LogP contribution in [0, 0.1) is 39.0 Å². The molecule has 0 spiro atoms. The molecule has 2 atom stereocenters. The second kappa shape index (κ2) is 15.7. The van der Waals surface area contributed by atoms with E-state index >= 15 is 0 Å². The van der Waals surface area contributed by atoms with Crippen molar-refractivity contribution in [3.8, 4) is 22.2 Å². The number of nitrogens with zero attached hydrogens (tertiary/aromatic N) is 6. The van der Waals surface area contributed by atoms with Crippen molar-refractivity contribution in [3.63, 3.8) is 0 Å². The molecule has 1 aliphatic rings. The average Bonchev–Trinajstić information content (AvgIpc) is 3.92. The highest BCUT2D eigenvalue weighted by Gasteiger charge is 2.32. The molecule has 0 aliphatic carbocycles. The maximum atomic E-state index is 13.3. The molecular weight excluding hydrogens is 799 g/mol. The molecule has 1 amide bonds.